The Bertz CT molecular complexity index is 651. The zero-order chi connectivity index (χ0) is 18.0. The minimum Gasteiger partial charge on any atom is -0.341 e. The van der Waals surface area contributed by atoms with E-state index in [1.165, 1.54) is 5.56 Å². The number of carbonyl (C=O) groups is 2. The van der Waals surface area contributed by atoms with E-state index in [1.807, 2.05) is 48.8 Å². The van der Waals surface area contributed by atoms with Crippen LogP contribution in [0.25, 0.3) is 0 Å². The summed E-state index contributed by atoms with van der Waals surface area (Å²) in [5.74, 6) is 0.370. The van der Waals surface area contributed by atoms with Crippen LogP contribution in [0.15, 0.2) is 24.3 Å². The zero-order valence-electron chi connectivity index (χ0n) is 15.6. The van der Waals surface area contributed by atoms with Gasteiger partial charge in [-0.25, -0.2) is 0 Å². The van der Waals surface area contributed by atoms with Crippen molar-refractivity contribution < 1.29 is 9.59 Å². The molecule has 5 heteroatoms. The average Bonchev–Trinajstić information content (AvgIpc) is 2.87. The van der Waals surface area contributed by atoms with E-state index in [-0.39, 0.29) is 17.2 Å². The van der Waals surface area contributed by atoms with E-state index in [4.69, 9.17) is 0 Å². The van der Waals surface area contributed by atoms with Crippen molar-refractivity contribution in [2.24, 2.45) is 5.41 Å². The number of para-hydroxylation sites is 1. The quantitative estimate of drug-likeness (QED) is 0.826. The molecule has 2 heterocycles. The van der Waals surface area contributed by atoms with Crippen molar-refractivity contribution >= 4 is 17.5 Å². The number of hydrogen-bond acceptors (Lipinski definition) is 3. The molecule has 2 amide bonds. The van der Waals surface area contributed by atoms with Crippen molar-refractivity contribution in [3.8, 4) is 0 Å². The number of rotatable bonds is 2. The van der Waals surface area contributed by atoms with Crippen molar-refractivity contribution in [1.29, 1.82) is 0 Å². The Morgan fingerprint density at radius 1 is 1.00 bits per heavy atom. The van der Waals surface area contributed by atoms with E-state index in [1.54, 1.807) is 0 Å². The summed E-state index contributed by atoms with van der Waals surface area (Å²) in [6.45, 7) is 10.2. The first-order chi connectivity index (χ1) is 11.9. The Kier molecular flexibility index (Phi) is 5.13. The highest BCUT2D eigenvalue weighted by Gasteiger charge is 2.30. The van der Waals surface area contributed by atoms with Gasteiger partial charge in [-0.2, -0.15) is 0 Å². The number of carbonyl (C=O) groups excluding carboxylic acids is 2. The van der Waals surface area contributed by atoms with E-state index < -0.39 is 0 Å². The molecule has 3 rings (SSSR count). The fourth-order valence-electron chi connectivity index (χ4n) is 3.68. The number of nitrogens with zero attached hydrogens (tertiary/aromatic N) is 3. The maximum Gasteiger partial charge on any atom is 0.241 e. The molecule has 5 nitrogen and oxygen atoms in total. The molecule has 1 aromatic carbocycles. The second kappa shape index (κ2) is 7.16. The van der Waals surface area contributed by atoms with Gasteiger partial charge in [-0.1, -0.05) is 39.0 Å². The van der Waals surface area contributed by atoms with Gasteiger partial charge in [-0.3, -0.25) is 14.5 Å². The Morgan fingerprint density at radius 2 is 1.76 bits per heavy atom. The average molecular weight is 343 g/mol. The zero-order valence-corrected chi connectivity index (χ0v) is 15.6. The fraction of sp³-hybridized carbons (Fsp3) is 0.600. The molecular weight excluding hydrogens is 314 g/mol. The minimum atomic E-state index is -0.343. The summed E-state index contributed by atoms with van der Waals surface area (Å²) in [6, 6.07) is 8.16. The van der Waals surface area contributed by atoms with Crippen molar-refractivity contribution in [1.82, 2.24) is 9.80 Å². The summed E-state index contributed by atoms with van der Waals surface area (Å²) in [5, 5.41) is 0. The Morgan fingerprint density at radius 3 is 2.52 bits per heavy atom. The van der Waals surface area contributed by atoms with Gasteiger partial charge in [0.2, 0.25) is 11.8 Å². The molecule has 0 saturated carbocycles. The maximum atomic E-state index is 12.8. The highest BCUT2D eigenvalue weighted by Crippen LogP contribution is 2.27. The first-order valence-corrected chi connectivity index (χ1v) is 9.26. The number of anilines is 1. The van der Waals surface area contributed by atoms with Gasteiger partial charge in [0.05, 0.1) is 6.54 Å². The third-order valence-electron chi connectivity index (χ3n) is 5.06. The van der Waals surface area contributed by atoms with E-state index in [2.05, 4.69) is 11.0 Å². The summed E-state index contributed by atoms with van der Waals surface area (Å²) in [5.41, 5.74) is 1.98. The van der Waals surface area contributed by atoms with E-state index in [9.17, 15) is 9.59 Å². The molecule has 136 valence electrons. The SMILES string of the molecule is CC(C)(C)C(=O)N1CCCN(CC(=O)N2CCc3ccccc32)CC1. The van der Waals surface area contributed by atoms with Crippen LogP contribution in [0.3, 0.4) is 0 Å². The van der Waals surface area contributed by atoms with Crippen LogP contribution in [-0.2, 0) is 16.0 Å². The van der Waals surface area contributed by atoms with Crippen molar-refractivity contribution in [2.45, 2.75) is 33.6 Å². The van der Waals surface area contributed by atoms with Gasteiger partial charge in [-0.05, 0) is 24.5 Å². The smallest absolute Gasteiger partial charge is 0.241 e. The number of hydrogen-bond donors (Lipinski definition) is 0. The third kappa shape index (κ3) is 4.03. The van der Waals surface area contributed by atoms with Gasteiger partial charge in [-0.15, -0.1) is 0 Å². The molecule has 2 aliphatic heterocycles. The molecule has 1 fully saturated rings. The number of amides is 2. The van der Waals surface area contributed by atoms with Crippen LogP contribution >= 0.6 is 0 Å². The molecule has 0 spiro atoms. The summed E-state index contributed by atoms with van der Waals surface area (Å²) in [4.78, 5) is 31.3. The molecule has 0 aromatic heterocycles. The van der Waals surface area contributed by atoms with Gasteiger partial charge in [0.1, 0.15) is 0 Å². The standard InChI is InChI=1S/C20H29N3O2/c1-20(2,3)19(25)22-11-6-10-21(13-14-22)15-18(24)23-12-9-16-7-4-5-8-17(16)23/h4-5,7-8H,6,9-15H2,1-3H3. The predicted octanol–water partition coefficient (Wildman–Crippen LogP) is 2.16. The second-order valence-corrected chi connectivity index (χ2v) is 8.10. The van der Waals surface area contributed by atoms with Gasteiger partial charge in [0.15, 0.2) is 0 Å². The summed E-state index contributed by atoms with van der Waals surface area (Å²) < 4.78 is 0. The van der Waals surface area contributed by atoms with Gasteiger partial charge < -0.3 is 9.80 Å². The van der Waals surface area contributed by atoms with Crippen molar-refractivity contribution in [2.75, 3.05) is 44.2 Å². The molecule has 1 aromatic rings. The molecule has 2 aliphatic rings. The first kappa shape index (κ1) is 17.9. The lowest BCUT2D eigenvalue weighted by Gasteiger charge is -2.28. The van der Waals surface area contributed by atoms with Crippen LogP contribution in [0.5, 0.6) is 0 Å². The molecule has 0 radical (unpaired) electrons. The largest absolute Gasteiger partial charge is 0.341 e. The molecule has 0 unspecified atom stereocenters. The summed E-state index contributed by atoms with van der Waals surface area (Å²) in [7, 11) is 0. The van der Waals surface area contributed by atoms with Gasteiger partial charge in [0.25, 0.3) is 0 Å². The van der Waals surface area contributed by atoms with E-state index in [0.717, 1.165) is 44.7 Å². The Balaban J connectivity index is 1.58. The molecule has 0 atom stereocenters. The topological polar surface area (TPSA) is 43.9 Å². The normalized spacial score (nSPS) is 18.8. The van der Waals surface area contributed by atoms with E-state index >= 15 is 0 Å². The molecular formula is C20H29N3O2. The Hall–Kier alpha value is -1.88. The summed E-state index contributed by atoms with van der Waals surface area (Å²) >= 11 is 0. The third-order valence-corrected chi connectivity index (χ3v) is 5.06. The van der Waals surface area contributed by atoms with Crippen LogP contribution < -0.4 is 4.90 Å². The molecule has 0 aliphatic carbocycles. The van der Waals surface area contributed by atoms with Crippen LogP contribution in [0.2, 0.25) is 0 Å². The van der Waals surface area contributed by atoms with Gasteiger partial charge in [0, 0.05) is 43.8 Å². The predicted molar refractivity (Wildman–Crippen MR) is 99.6 cm³/mol. The lowest BCUT2D eigenvalue weighted by Crippen LogP contribution is -2.43. The monoisotopic (exact) mass is 343 g/mol. The van der Waals surface area contributed by atoms with Crippen LogP contribution in [0, 0.1) is 5.41 Å². The first-order valence-electron chi connectivity index (χ1n) is 9.26. The second-order valence-electron chi connectivity index (χ2n) is 8.10. The molecule has 1 saturated heterocycles. The number of fused-ring (bicyclic) bond motifs is 1. The highest BCUT2D eigenvalue weighted by molar-refractivity contribution is 5.96. The molecule has 0 bridgehead atoms. The van der Waals surface area contributed by atoms with Gasteiger partial charge >= 0.3 is 0 Å². The van der Waals surface area contributed by atoms with E-state index in [0.29, 0.717) is 13.1 Å². The fourth-order valence-corrected chi connectivity index (χ4v) is 3.68. The Labute approximate surface area is 150 Å². The number of benzene rings is 1. The van der Waals surface area contributed by atoms with Crippen molar-refractivity contribution in [3.63, 3.8) is 0 Å². The lowest BCUT2D eigenvalue weighted by molar-refractivity contribution is -0.139. The van der Waals surface area contributed by atoms with Crippen LogP contribution in [0.1, 0.15) is 32.8 Å². The highest BCUT2D eigenvalue weighted by atomic mass is 16.2. The van der Waals surface area contributed by atoms with Crippen LogP contribution in [-0.4, -0.2) is 60.9 Å². The minimum absolute atomic E-state index is 0.167. The maximum absolute atomic E-state index is 12.8. The van der Waals surface area contributed by atoms with Crippen LogP contribution in [0.4, 0.5) is 5.69 Å². The van der Waals surface area contributed by atoms with Crippen molar-refractivity contribution in [3.05, 3.63) is 29.8 Å². The lowest BCUT2D eigenvalue weighted by atomic mass is 9.94. The molecule has 0 N–H and O–H groups in total. The summed E-state index contributed by atoms with van der Waals surface area (Å²) in [6.07, 6.45) is 1.86. The molecule has 25 heavy (non-hydrogen) atoms.